The molecule has 0 radical (unpaired) electrons. The third kappa shape index (κ3) is 3.29. The van der Waals surface area contributed by atoms with Gasteiger partial charge in [-0.05, 0) is 38.5 Å². The largest absolute Gasteiger partial charge is 0.353 e. The molecular weight excluding hydrogens is 280 g/mol. The second kappa shape index (κ2) is 6.99. The Morgan fingerprint density at radius 2 is 2.14 bits per heavy atom. The van der Waals surface area contributed by atoms with Crippen molar-refractivity contribution in [2.24, 2.45) is 5.92 Å². The van der Waals surface area contributed by atoms with Gasteiger partial charge in [-0.2, -0.15) is 0 Å². The van der Waals surface area contributed by atoms with E-state index in [4.69, 9.17) is 4.74 Å². The number of amides is 2. The topological polar surface area (TPSA) is 58.6 Å². The zero-order chi connectivity index (χ0) is 16.3. The van der Waals surface area contributed by atoms with Gasteiger partial charge in [0.05, 0.1) is 6.61 Å². The Labute approximate surface area is 133 Å². The van der Waals surface area contributed by atoms with E-state index in [1.807, 2.05) is 20.8 Å². The van der Waals surface area contributed by atoms with Crippen molar-refractivity contribution in [1.82, 2.24) is 10.2 Å². The first kappa shape index (κ1) is 17.3. The van der Waals surface area contributed by atoms with E-state index >= 15 is 0 Å². The van der Waals surface area contributed by atoms with Crippen LogP contribution < -0.4 is 5.32 Å². The smallest absolute Gasteiger partial charge is 0.245 e. The summed E-state index contributed by atoms with van der Waals surface area (Å²) >= 11 is 0. The molecule has 1 saturated carbocycles. The molecule has 2 aliphatic rings. The van der Waals surface area contributed by atoms with E-state index in [9.17, 15) is 9.59 Å². The van der Waals surface area contributed by atoms with Crippen LogP contribution in [0.1, 0.15) is 66.2 Å². The first-order chi connectivity index (χ1) is 10.4. The molecule has 0 aromatic carbocycles. The van der Waals surface area contributed by atoms with Crippen molar-refractivity contribution in [3.8, 4) is 0 Å². The van der Waals surface area contributed by atoms with Gasteiger partial charge < -0.3 is 10.1 Å². The van der Waals surface area contributed by atoms with Crippen molar-refractivity contribution < 1.29 is 14.3 Å². The molecule has 2 amide bonds. The van der Waals surface area contributed by atoms with E-state index in [1.54, 1.807) is 4.90 Å². The van der Waals surface area contributed by atoms with E-state index in [2.05, 4.69) is 12.2 Å². The minimum absolute atomic E-state index is 0.0240. The fourth-order valence-corrected chi connectivity index (χ4v) is 3.69. The molecule has 1 saturated heterocycles. The number of hydrogen-bond donors (Lipinski definition) is 1. The number of carbonyl (C=O) groups is 2. The number of hydrogen-bond acceptors (Lipinski definition) is 3. The lowest BCUT2D eigenvalue weighted by Crippen LogP contribution is -2.57. The van der Waals surface area contributed by atoms with Crippen LogP contribution in [0.2, 0.25) is 0 Å². The maximum absolute atomic E-state index is 12.6. The third-order valence-electron chi connectivity index (χ3n) is 5.07. The van der Waals surface area contributed by atoms with Crippen LogP contribution in [0, 0.1) is 5.92 Å². The first-order valence-electron chi connectivity index (χ1n) is 8.70. The Morgan fingerprint density at radius 3 is 2.73 bits per heavy atom. The zero-order valence-corrected chi connectivity index (χ0v) is 14.4. The summed E-state index contributed by atoms with van der Waals surface area (Å²) in [5.74, 6) is 0.472. The summed E-state index contributed by atoms with van der Waals surface area (Å²) in [6.07, 6.45) is 5.19. The zero-order valence-electron chi connectivity index (χ0n) is 14.4. The average molecular weight is 310 g/mol. The Morgan fingerprint density at radius 1 is 1.41 bits per heavy atom. The van der Waals surface area contributed by atoms with Crippen molar-refractivity contribution in [3.05, 3.63) is 0 Å². The van der Waals surface area contributed by atoms with Crippen LogP contribution in [0.4, 0.5) is 0 Å². The van der Waals surface area contributed by atoms with Gasteiger partial charge in [0.1, 0.15) is 11.8 Å². The second-order valence-electron chi connectivity index (χ2n) is 6.91. The average Bonchev–Trinajstić information content (AvgIpc) is 2.84. The minimum Gasteiger partial charge on any atom is -0.353 e. The maximum Gasteiger partial charge on any atom is 0.245 e. The van der Waals surface area contributed by atoms with Crippen LogP contribution in [0.25, 0.3) is 0 Å². The van der Waals surface area contributed by atoms with E-state index in [1.165, 1.54) is 6.42 Å². The van der Waals surface area contributed by atoms with Crippen molar-refractivity contribution in [2.45, 2.75) is 84.0 Å². The fourth-order valence-electron chi connectivity index (χ4n) is 3.69. The Hall–Kier alpha value is -1.10. The molecule has 0 bridgehead atoms. The number of nitrogens with one attached hydrogen (secondary N) is 1. The molecule has 5 nitrogen and oxygen atoms in total. The first-order valence-corrected chi connectivity index (χ1v) is 8.70. The number of nitrogens with zero attached hydrogens (tertiary/aromatic N) is 1. The number of ether oxygens (including phenoxy) is 1. The summed E-state index contributed by atoms with van der Waals surface area (Å²) in [6, 6.07) is -0.361. The molecule has 4 atom stereocenters. The second-order valence-corrected chi connectivity index (χ2v) is 6.91. The van der Waals surface area contributed by atoms with Gasteiger partial charge in [0.2, 0.25) is 11.8 Å². The summed E-state index contributed by atoms with van der Waals surface area (Å²) in [6.45, 7) is 8.39. The highest BCUT2D eigenvalue weighted by atomic mass is 16.5. The molecule has 2 fully saturated rings. The lowest BCUT2D eigenvalue weighted by Gasteiger charge is -2.43. The molecule has 1 aliphatic heterocycles. The van der Waals surface area contributed by atoms with E-state index in [-0.39, 0.29) is 17.9 Å². The van der Waals surface area contributed by atoms with Crippen LogP contribution in [0.3, 0.4) is 0 Å². The molecule has 2 rings (SSSR count). The SMILES string of the molecule is CCC(=O)N1[C@H](C(=O)N[C@H](C)CC)CO[C@]12CCC[C@H](C)C2. The molecule has 0 aromatic rings. The highest BCUT2D eigenvalue weighted by Gasteiger charge is 2.53. The number of rotatable bonds is 4. The summed E-state index contributed by atoms with van der Waals surface area (Å²) in [5, 5.41) is 3.00. The van der Waals surface area contributed by atoms with Crippen molar-refractivity contribution >= 4 is 11.8 Å². The van der Waals surface area contributed by atoms with Gasteiger partial charge >= 0.3 is 0 Å². The normalized spacial score (nSPS) is 33.0. The van der Waals surface area contributed by atoms with Gasteiger partial charge in [-0.15, -0.1) is 0 Å². The Kier molecular flexibility index (Phi) is 5.48. The predicted molar refractivity (Wildman–Crippen MR) is 85.1 cm³/mol. The predicted octanol–water partition coefficient (Wildman–Crippen LogP) is 2.44. The molecule has 0 aromatic heterocycles. The number of carbonyl (C=O) groups excluding carboxylic acids is 2. The quantitative estimate of drug-likeness (QED) is 0.867. The highest BCUT2D eigenvalue weighted by Crippen LogP contribution is 2.43. The van der Waals surface area contributed by atoms with E-state index < -0.39 is 11.8 Å². The van der Waals surface area contributed by atoms with Crippen LogP contribution in [0.15, 0.2) is 0 Å². The van der Waals surface area contributed by atoms with Gasteiger partial charge in [-0.3, -0.25) is 14.5 Å². The molecule has 126 valence electrons. The lowest BCUT2D eigenvalue weighted by molar-refractivity contribution is -0.162. The standard InChI is InChI=1S/C17H30N2O3/c1-5-13(4)18-16(21)14-11-22-17(19(14)15(20)6-2)9-7-8-12(3)10-17/h12-14H,5-11H2,1-4H3,(H,18,21)/t12-,13+,14-,17-/m0/s1. The highest BCUT2D eigenvalue weighted by molar-refractivity contribution is 5.88. The van der Waals surface area contributed by atoms with Gasteiger partial charge in [0.25, 0.3) is 0 Å². The summed E-state index contributed by atoms with van der Waals surface area (Å²) in [4.78, 5) is 26.9. The van der Waals surface area contributed by atoms with E-state index in [0.717, 1.165) is 25.7 Å². The van der Waals surface area contributed by atoms with Crippen molar-refractivity contribution in [2.75, 3.05) is 6.61 Å². The summed E-state index contributed by atoms with van der Waals surface area (Å²) < 4.78 is 6.08. The molecule has 1 N–H and O–H groups in total. The maximum atomic E-state index is 12.6. The van der Waals surface area contributed by atoms with Crippen molar-refractivity contribution in [3.63, 3.8) is 0 Å². The molecule has 1 spiro atoms. The molecule has 1 aliphatic carbocycles. The van der Waals surface area contributed by atoms with Crippen LogP contribution in [-0.4, -0.2) is 41.1 Å². The van der Waals surface area contributed by atoms with Gasteiger partial charge in [0, 0.05) is 12.5 Å². The lowest BCUT2D eigenvalue weighted by atomic mass is 9.83. The Bertz CT molecular complexity index is 426. The third-order valence-corrected chi connectivity index (χ3v) is 5.07. The van der Waals surface area contributed by atoms with Crippen LogP contribution >= 0.6 is 0 Å². The molecule has 22 heavy (non-hydrogen) atoms. The molecule has 5 heteroatoms. The van der Waals surface area contributed by atoms with Gasteiger partial charge in [-0.25, -0.2) is 0 Å². The van der Waals surface area contributed by atoms with Crippen LogP contribution in [0.5, 0.6) is 0 Å². The van der Waals surface area contributed by atoms with E-state index in [0.29, 0.717) is 18.9 Å². The fraction of sp³-hybridized carbons (Fsp3) is 0.882. The van der Waals surface area contributed by atoms with Gasteiger partial charge in [0.15, 0.2) is 0 Å². The minimum atomic E-state index is -0.553. The van der Waals surface area contributed by atoms with Crippen LogP contribution in [-0.2, 0) is 14.3 Å². The molecule has 0 unspecified atom stereocenters. The summed E-state index contributed by atoms with van der Waals surface area (Å²) in [5.41, 5.74) is -0.553. The Balaban J connectivity index is 2.20. The molecular formula is C17H30N2O3. The van der Waals surface area contributed by atoms with Crippen molar-refractivity contribution in [1.29, 1.82) is 0 Å². The summed E-state index contributed by atoms with van der Waals surface area (Å²) in [7, 11) is 0. The van der Waals surface area contributed by atoms with Gasteiger partial charge in [-0.1, -0.05) is 27.2 Å². The molecule has 1 heterocycles. The monoisotopic (exact) mass is 310 g/mol.